The van der Waals surface area contributed by atoms with Crippen molar-refractivity contribution in [3.63, 3.8) is 0 Å². The lowest BCUT2D eigenvalue weighted by atomic mass is 10.2. The molecule has 0 bridgehead atoms. The van der Waals surface area contributed by atoms with Crippen molar-refractivity contribution in [2.24, 2.45) is 0 Å². The number of nitrogens with zero attached hydrogens (tertiary/aromatic N) is 2. The van der Waals surface area contributed by atoms with Crippen LogP contribution in [0.1, 0.15) is 32.4 Å². The van der Waals surface area contributed by atoms with Crippen LogP contribution >= 0.6 is 0 Å². The minimum Gasteiger partial charge on any atom is -0.349 e. The first-order valence-corrected chi connectivity index (χ1v) is 7.67. The van der Waals surface area contributed by atoms with Gasteiger partial charge < -0.3 is 14.4 Å². The Morgan fingerprint density at radius 1 is 1.48 bits per heavy atom. The van der Waals surface area contributed by atoms with Gasteiger partial charge in [-0.05, 0) is 25.0 Å². The van der Waals surface area contributed by atoms with E-state index in [1.807, 2.05) is 23.1 Å². The van der Waals surface area contributed by atoms with Gasteiger partial charge in [0, 0.05) is 18.4 Å². The zero-order chi connectivity index (χ0) is 15.1. The molecule has 0 aliphatic carbocycles. The average molecular weight is 292 g/mol. The molecule has 1 aromatic rings. The summed E-state index contributed by atoms with van der Waals surface area (Å²) in [6, 6.07) is 5.62. The molecule has 1 aliphatic rings. The first kappa shape index (κ1) is 15.9. The van der Waals surface area contributed by atoms with Crippen LogP contribution in [0.4, 0.5) is 0 Å². The SMILES string of the molecule is CCC(CC)OC1CN(C(=O)Cc2ccccn2)CCO1. The van der Waals surface area contributed by atoms with E-state index in [4.69, 9.17) is 9.47 Å². The third-order valence-corrected chi connectivity index (χ3v) is 3.70. The summed E-state index contributed by atoms with van der Waals surface area (Å²) in [5, 5.41) is 0. The van der Waals surface area contributed by atoms with Crippen molar-refractivity contribution in [3.05, 3.63) is 30.1 Å². The Labute approximate surface area is 126 Å². The van der Waals surface area contributed by atoms with E-state index < -0.39 is 0 Å². The predicted octanol–water partition coefficient (Wildman–Crippen LogP) is 2.01. The van der Waals surface area contributed by atoms with Crippen molar-refractivity contribution < 1.29 is 14.3 Å². The van der Waals surface area contributed by atoms with Gasteiger partial charge in [-0.1, -0.05) is 19.9 Å². The van der Waals surface area contributed by atoms with Gasteiger partial charge in [0.2, 0.25) is 5.91 Å². The number of pyridine rings is 1. The summed E-state index contributed by atoms with van der Waals surface area (Å²) in [6.07, 6.45) is 3.84. The molecule has 0 saturated carbocycles. The molecule has 1 amide bonds. The summed E-state index contributed by atoms with van der Waals surface area (Å²) in [6.45, 7) is 5.84. The average Bonchev–Trinajstić information content (AvgIpc) is 2.54. The first-order chi connectivity index (χ1) is 10.2. The highest BCUT2D eigenvalue weighted by Crippen LogP contribution is 2.13. The summed E-state index contributed by atoms with van der Waals surface area (Å²) in [7, 11) is 0. The third-order valence-electron chi connectivity index (χ3n) is 3.70. The Balaban J connectivity index is 1.87. The molecule has 5 heteroatoms. The van der Waals surface area contributed by atoms with E-state index >= 15 is 0 Å². The zero-order valence-corrected chi connectivity index (χ0v) is 12.8. The third kappa shape index (κ3) is 4.79. The molecule has 1 aromatic heterocycles. The summed E-state index contributed by atoms with van der Waals surface area (Å²) in [5.41, 5.74) is 0.798. The molecule has 0 radical (unpaired) electrons. The Hall–Kier alpha value is -1.46. The van der Waals surface area contributed by atoms with Crippen molar-refractivity contribution in [2.45, 2.75) is 45.5 Å². The van der Waals surface area contributed by atoms with Crippen molar-refractivity contribution in [1.82, 2.24) is 9.88 Å². The molecular formula is C16H24N2O3. The second kappa shape index (κ2) is 8.10. The van der Waals surface area contributed by atoms with E-state index in [1.54, 1.807) is 6.20 Å². The number of amides is 1. The van der Waals surface area contributed by atoms with Crippen LogP contribution in [-0.2, 0) is 20.7 Å². The van der Waals surface area contributed by atoms with Crippen LogP contribution in [0.2, 0.25) is 0 Å². The van der Waals surface area contributed by atoms with Crippen LogP contribution < -0.4 is 0 Å². The molecule has 1 saturated heterocycles. The maximum atomic E-state index is 12.3. The molecule has 1 fully saturated rings. The van der Waals surface area contributed by atoms with Crippen LogP contribution in [0.15, 0.2) is 24.4 Å². The lowest BCUT2D eigenvalue weighted by Crippen LogP contribution is -2.48. The van der Waals surface area contributed by atoms with E-state index in [0.29, 0.717) is 26.1 Å². The van der Waals surface area contributed by atoms with Gasteiger partial charge in [0.25, 0.3) is 0 Å². The van der Waals surface area contributed by atoms with Crippen LogP contribution in [0.5, 0.6) is 0 Å². The van der Waals surface area contributed by atoms with Crippen molar-refractivity contribution >= 4 is 5.91 Å². The standard InChI is InChI=1S/C16H24N2O3/c1-3-14(4-2)21-16-12-18(9-10-20-16)15(19)11-13-7-5-6-8-17-13/h5-8,14,16H,3-4,9-12H2,1-2H3. The number of ether oxygens (including phenoxy) is 2. The number of hydrogen-bond donors (Lipinski definition) is 0. The van der Waals surface area contributed by atoms with Gasteiger partial charge in [-0.3, -0.25) is 9.78 Å². The Morgan fingerprint density at radius 2 is 2.29 bits per heavy atom. The number of aromatic nitrogens is 1. The van der Waals surface area contributed by atoms with Gasteiger partial charge in [-0.2, -0.15) is 0 Å². The van der Waals surface area contributed by atoms with Crippen molar-refractivity contribution in [2.75, 3.05) is 19.7 Å². The first-order valence-electron chi connectivity index (χ1n) is 7.67. The van der Waals surface area contributed by atoms with Crippen LogP contribution in [-0.4, -0.2) is 47.9 Å². The lowest BCUT2D eigenvalue weighted by molar-refractivity contribution is -0.204. The molecule has 5 nitrogen and oxygen atoms in total. The molecule has 1 atom stereocenters. The number of rotatable bonds is 6. The van der Waals surface area contributed by atoms with Gasteiger partial charge >= 0.3 is 0 Å². The topological polar surface area (TPSA) is 51.7 Å². The molecule has 1 unspecified atom stereocenters. The monoisotopic (exact) mass is 292 g/mol. The number of morpholine rings is 1. The Kier molecular flexibility index (Phi) is 6.14. The quantitative estimate of drug-likeness (QED) is 0.805. The zero-order valence-electron chi connectivity index (χ0n) is 12.8. The van der Waals surface area contributed by atoms with Crippen LogP contribution in [0, 0.1) is 0 Å². The maximum Gasteiger partial charge on any atom is 0.228 e. The van der Waals surface area contributed by atoms with Crippen LogP contribution in [0.25, 0.3) is 0 Å². The van der Waals surface area contributed by atoms with E-state index in [2.05, 4.69) is 18.8 Å². The van der Waals surface area contributed by atoms with Gasteiger partial charge in [-0.15, -0.1) is 0 Å². The van der Waals surface area contributed by atoms with E-state index in [0.717, 1.165) is 18.5 Å². The second-order valence-corrected chi connectivity index (χ2v) is 5.21. The molecule has 0 N–H and O–H groups in total. The van der Waals surface area contributed by atoms with Gasteiger partial charge in [0.1, 0.15) is 0 Å². The second-order valence-electron chi connectivity index (χ2n) is 5.21. The lowest BCUT2D eigenvalue weighted by Gasteiger charge is -2.34. The van der Waals surface area contributed by atoms with E-state index in [-0.39, 0.29) is 18.3 Å². The highest BCUT2D eigenvalue weighted by Gasteiger charge is 2.26. The summed E-state index contributed by atoms with van der Waals surface area (Å²) in [5.74, 6) is 0.0788. The van der Waals surface area contributed by atoms with Gasteiger partial charge in [0.05, 0.1) is 25.7 Å². The highest BCUT2D eigenvalue weighted by atomic mass is 16.7. The number of carbonyl (C=O) groups is 1. The minimum absolute atomic E-state index is 0.0788. The highest BCUT2D eigenvalue weighted by molar-refractivity contribution is 5.78. The summed E-state index contributed by atoms with van der Waals surface area (Å²) < 4.78 is 11.5. The summed E-state index contributed by atoms with van der Waals surface area (Å²) >= 11 is 0. The van der Waals surface area contributed by atoms with Crippen LogP contribution in [0.3, 0.4) is 0 Å². The van der Waals surface area contributed by atoms with Gasteiger partial charge in [0.15, 0.2) is 6.29 Å². The Bertz CT molecular complexity index is 434. The molecule has 2 rings (SSSR count). The molecule has 1 aliphatic heterocycles. The molecule has 0 aromatic carbocycles. The maximum absolute atomic E-state index is 12.3. The minimum atomic E-state index is -0.309. The smallest absolute Gasteiger partial charge is 0.228 e. The normalized spacial score (nSPS) is 19.0. The van der Waals surface area contributed by atoms with Crippen molar-refractivity contribution in [3.8, 4) is 0 Å². The van der Waals surface area contributed by atoms with Gasteiger partial charge in [-0.25, -0.2) is 0 Å². The molecule has 0 spiro atoms. The summed E-state index contributed by atoms with van der Waals surface area (Å²) in [4.78, 5) is 18.3. The fraction of sp³-hybridized carbons (Fsp3) is 0.625. The van der Waals surface area contributed by atoms with E-state index in [9.17, 15) is 4.79 Å². The molecule has 116 valence electrons. The molecular weight excluding hydrogens is 268 g/mol. The molecule has 21 heavy (non-hydrogen) atoms. The predicted molar refractivity (Wildman–Crippen MR) is 79.7 cm³/mol. The van der Waals surface area contributed by atoms with Crippen molar-refractivity contribution in [1.29, 1.82) is 0 Å². The largest absolute Gasteiger partial charge is 0.349 e. The number of hydrogen-bond acceptors (Lipinski definition) is 4. The fourth-order valence-electron chi connectivity index (χ4n) is 2.39. The Morgan fingerprint density at radius 3 is 2.95 bits per heavy atom. The van der Waals surface area contributed by atoms with E-state index in [1.165, 1.54) is 0 Å². The molecule has 2 heterocycles. The number of carbonyl (C=O) groups excluding carboxylic acids is 1. The fourth-order valence-corrected chi connectivity index (χ4v) is 2.39.